The molecule has 0 bridgehead atoms. The highest BCUT2D eigenvalue weighted by atomic mass is 79.9. The predicted octanol–water partition coefficient (Wildman–Crippen LogP) is 3.46. The van der Waals surface area contributed by atoms with Gasteiger partial charge in [0.1, 0.15) is 0 Å². The fourth-order valence-electron chi connectivity index (χ4n) is 1.81. The van der Waals surface area contributed by atoms with Crippen molar-refractivity contribution in [2.75, 3.05) is 0 Å². The van der Waals surface area contributed by atoms with E-state index in [0.29, 0.717) is 0 Å². The summed E-state index contributed by atoms with van der Waals surface area (Å²) in [6.07, 6.45) is 3.47. The van der Waals surface area contributed by atoms with Gasteiger partial charge in [-0.05, 0) is 37.0 Å². The Kier molecular flexibility index (Phi) is 2.67. The summed E-state index contributed by atoms with van der Waals surface area (Å²) in [7, 11) is 0. The first-order valence-corrected chi connectivity index (χ1v) is 5.86. The van der Waals surface area contributed by atoms with Gasteiger partial charge in [0, 0.05) is 4.47 Å². The molecule has 1 N–H and O–H groups in total. The van der Waals surface area contributed by atoms with Crippen LogP contribution in [0, 0.1) is 5.92 Å². The number of benzene rings is 1. The first-order chi connectivity index (χ1) is 6.58. The van der Waals surface area contributed by atoms with Gasteiger partial charge in [0.2, 0.25) is 0 Å². The zero-order valence-corrected chi connectivity index (χ0v) is 9.92. The summed E-state index contributed by atoms with van der Waals surface area (Å²) < 4.78 is 1.06. The van der Waals surface area contributed by atoms with E-state index in [9.17, 15) is 5.11 Å². The van der Waals surface area contributed by atoms with Gasteiger partial charge in [-0.1, -0.05) is 40.9 Å². The summed E-state index contributed by atoms with van der Waals surface area (Å²) in [5.41, 5.74) is 0.370. The number of hydrogen-bond acceptors (Lipinski definition) is 1. The average molecular weight is 255 g/mol. The maximum Gasteiger partial charge on any atom is 0.0871 e. The first-order valence-electron chi connectivity index (χ1n) is 5.06. The minimum Gasteiger partial charge on any atom is -0.385 e. The highest BCUT2D eigenvalue weighted by Gasteiger charge is 2.32. The molecule has 0 amide bonds. The van der Waals surface area contributed by atoms with Crippen molar-refractivity contribution in [3.8, 4) is 0 Å². The molecule has 1 aromatic rings. The van der Waals surface area contributed by atoms with E-state index >= 15 is 0 Å². The number of rotatable bonds is 3. The van der Waals surface area contributed by atoms with Crippen molar-refractivity contribution < 1.29 is 5.11 Å². The summed E-state index contributed by atoms with van der Waals surface area (Å²) in [6, 6.07) is 7.95. The van der Waals surface area contributed by atoms with Crippen LogP contribution < -0.4 is 0 Å². The Morgan fingerprint density at radius 1 is 1.36 bits per heavy atom. The Balaban J connectivity index is 2.14. The van der Waals surface area contributed by atoms with Gasteiger partial charge in [-0.15, -0.1) is 0 Å². The Hall–Kier alpha value is -0.340. The molecule has 1 unspecified atom stereocenters. The highest BCUT2D eigenvalue weighted by molar-refractivity contribution is 9.10. The molecule has 0 spiro atoms. The van der Waals surface area contributed by atoms with E-state index in [1.165, 1.54) is 12.8 Å². The van der Waals surface area contributed by atoms with E-state index in [0.717, 1.165) is 22.4 Å². The molecule has 1 nitrogen and oxygen atoms in total. The van der Waals surface area contributed by atoms with Gasteiger partial charge in [-0.3, -0.25) is 0 Å². The Bertz CT molecular complexity index is 312. The number of aliphatic hydroxyl groups is 1. The average Bonchev–Trinajstić information content (AvgIpc) is 2.88. The lowest BCUT2D eigenvalue weighted by atomic mass is 9.90. The molecule has 0 aliphatic heterocycles. The third-order valence-corrected chi connectivity index (χ3v) is 3.38. The second kappa shape index (κ2) is 3.67. The van der Waals surface area contributed by atoms with Crippen molar-refractivity contribution in [3.05, 3.63) is 34.3 Å². The zero-order chi connectivity index (χ0) is 10.2. The van der Waals surface area contributed by atoms with E-state index in [4.69, 9.17) is 0 Å². The number of halogens is 1. The lowest BCUT2D eigenvalue weighted by Gasteiger charge is -2.23. The van der Waals surface area contributed by atoms with Crippen LogP contribution in [0.15, 0.2) is 28.7 Å². The van der Waals surface area contributed by atoms with Crippen LogP contribution in [0.3, 0.4) is 0 Å². The highest BCUT2D eigenvalue weighted by Crippen LogP contribution is 2.40. The molecule has 76 valence electrons. The second-order valence-corrected chi connectivity index (χ2v) is 5.34. The van der Waals surface area contributed by atoms with E-state index in [2.05, 4.69) is 15.9 Å². The predicted molar refractivity (Wildman–Crippen MR) is 61.1 cm³/mol. The van der Waals surface area contributed by atoms with E-state index in [1.54, 1.807) is 0 Å². The molecular weight excluding hydrogens is 240 g/mol. The Morgan fingerprint density at radius 2 is 1.93 bits per heavy atom. The fourth-order valence-corrected chi connectivity index (χ4v) is 2.08. The first kappa shape index (κ1) is 10.2. The van der Waals surface area contributed by atoms with Crippen molar-refractivity contribution in [1.29, 1.82) is 0 Å². The molecule has 0 heterocycles. The summed E-state index contributed by atoms with van der Waals surface area (Å²) in [5.74, 6) is 0.744. The van der Waals surface area contributed by atoms with Crippen LogP contribution in [-0.4, -0.2) is 5.11 Å². The van der Waals surface area contributed by atoms with Crippen LogP contribution in [0.2, 0.25) is 0 Å². The van der Waals surface area contributed by atoms with Gasteiger partial charge < -0.3 is 5.11 Å². The van der Waals surface area contributed by atoms with Gasteiger partial charge in [0.15, 0.2) is 0 Å². The SMILES string of the molecule is CC(O)(CC1CC1)c1ccc(Br)cc1. The Labute approximate surface area is 93.3 Å². The van der Waals surface area contributed by atoms with Crippen LogP contribution in [-0.2, 0) is 5.60 Å². The lowest BCUT2D eigenvalue weighted by molar-refractivity contribution is 0.0417. The van der Waals surface area contributed by atoms with Crippen LogP contribution in [0.25, 0.3) is 0 Å². The molecule has 2 heteroatoms. The van der Waals surface area contributed by atoms with Gasteiger partial charge in [0.25, 0.3) is 0 Å². The Morgan fingerprint density at radius 3 is 2.43 bits per heavy atom. The quantitative estimate of drug-likeness (QED) is 0.876. The van der Waals surface area contributed by atoms with Crippen LogP contribution in [0.5, 0.6) is 0 Å². The summed E-state index contributed by atoms with van der Waals surface area (Å²) >= 11 is 3.39. The number of hydrogen-bond donors (Lipinski definition) is 1. The van der Waals surface area contributed by atoms with Crippen molar-refractivity contribution in [2.45, 2.75) is 31.8 Å². The summed E-state index contributed by atoms with van der Waals surface area (Å²) in [6.45, 7) is 1.91. The lowest BCUT2D eigenvalue weighted by Crippen LogP contribution is -2.21. The van der Waals surface area contributed by atoms with Gasteiger partial charge >= 0.3 is 0 Å². The molecule has 1 saturated carbocycles. The molecule has 2 rings (SSSR count). The maximum atomic E-state index is 10.3. The third kappa shape index (κ3) is 2.37. The molecule has 0 aromatic heterocycles. The van der Waals surface area contributed by atoms with Crippen molar-refractivity contribution in [2.24, 2.45) is 5.92 Å². The van der Waals surface area contributed by atoms with Crippen molar-refractivity contribution >= 4 is 15.9 Å². The minimum absolute atomic E-state index is 0.651. The molecule has 1 atom stereocenters. The molecule has 1 aromatic carbocycles. The standard InChI is InChI=1S/C12H15BrO/c1-12(14,8-9-2-3-9)10-4-6-11(13)7-5-10/h4-7,9,14H,2-3,8H2,1H3. The minimum atomic E-state index is -0.651. The molecule has 1 fully saturated rings. The molecule has 1 aliphatic rings. The molecule has 14 heavy (non-hydrogen) atoms. The maximum absolute atomic E-state index is 10.3. The fraction of sp³-hybridized carbons (Fsp3) is 0.500. The van der Waals surface area contributed by atoms with E-state index < -0.39 is 5.60 Å². The normalized spacial score (nSPS) is 20.5. The zero-order valence-electron chi connectivity index (χ0n) is 8.33. The van der Waals surface area contributed by atoms with E-state index in [1.807, 2.05) is 31.2 Å². The smallest absolute Gasteiger partial charge is 0.0871 e. The summed E-state index contributed by atoms with van der Waals surface area (Å²) in [5, 5.41) is 10.3. The molecular formula is C12H15BrO. The summed E-state index contributed by atoms with van der Waals surface area (Å²) in [4.78, 5) is 0. The molecule has 1 aliphatic carbocycles. The molecule has 0 radical (unpaired) electrons. The van der Waals surface area contributed by atoms with Gasteiger partial charge in [0.05, 0.1) is 5.60 Å². The monoisotopic (exact) mass is 254 g/mol. The van der Waals surface area contributed by atoms with Gasteiger partial charge in [-0.25, -0.2) is 0 Å². The van der Waals surface area contributed by atoms with E-state index in [-0.39, 0.29) is 0 Å². The van der Waals surface area contributed by atoms with Crippen molar-refractivity contribution in [1.82, 2.24) is 0 Å². The largest absolute Gasteiger partial charge is 0.385 e. The van der Waals surface area contributed by atoms with Crippen LogP contribution in [0.1, 0.15) is 31.7 Å². The third-order valence-electron chi connectivity index (χ3n) is 2.85. The molecule has 0 saturated heterocycles. The topological polar surface area (TPSA) is 20.2 Å². The van der Waals surface area contributed by atoms with Crippen LogP contribution >= 0.6 is 15.9 Å². The van der Waals surface area contributed by atoms with Crippen molar-refractivity contribution in [3.63, 3.8) is 0 Å². The van der Waals surface area contributed by atoms with Gasteiger partial charge in [-0.2, -0.15) is 0 Å². The van der Waals surface area contributed by atoms with Crippen LogP contribution in [0.4, 0.5) is 0 Å². The second-order valence-electron chi connectivity index (χ2n) is 4.43.